The number of nitrogens with zero attached hydrogens (tertiary/aromatic N) is 3. The summed E-state index contributed by atoms with van der Waals surface area (Å²) < 4.78 is 0. The van der Waals surface area contributed by atoms with Crippen LogP contribution in [0, 0.1) is 11.3 Å². The first kappa shape index (κ1) is 18.7. The summed E-state index contributed by atoms with van der Waals surface area (Å²) in [5.41, 5.74) is 3.69. The lowest BCUT2D eigenvalue weighted by Gasteiger charge is -2.38. The topological polar surface area (TPSA) is 73.6 Å². The maximum absolute atomic E-state index is 8.81. The van der Waals surface area contributed by atoms with Crippen molar-refractivity contribution in [3.05, 3.63) is 59.8 Å². The number of rotatable bonds is 5. The molecule has 0 amide bonds. The van der Waals surface area contributed by atoms with Crippen molar-refractivity contribution in [2.75, 3.05) is 11.1 Å². The molecule has 0 spiro atoms. The second-order valence-corrected chi connectivity index (χ2v) is 8.33. The van der Waals surface area contributed by atoms with Crippen LogP contribution in [0.3, 0.4) is 0 Å². The van der Waals surface area contributed by atoms with E-state index >= 15 is 0 Å². The molecule has 0 saturated carbocycles. The third kappa shape index (κ3) is 3.66. The molecule has 1 aromatic heterocycles. The Kier molecular flexibility index (Phi) is 5.16. The first-order valence-corrected chi connectivity index (χ1v) is 10.4. The minimum atomic E-state index is -0.384. The zero-order valence-corrected chi connectivity index (χ0v) is 17.0. The van der Waals surface area contributed by atoms with Crippen LogP contribution in [0.1, 0.15) is 24.6 Å². The van der Waals surface area contributed by atoms with Crippen LogP contribution in [0.2, 0.25) is 0 Å². The normalized spacial score (nSPS) is 18.1. The van der Waals surface area contributed by atoms with E-state index in [1.54, 1.807) is 0 Å². The molecule has 7 heteroatoms. The molecule has 1 atom stereocenters. The monoisotopic (exact) mass is 405 g/mol. The standard InChI is InChI=1S/C21H19N5S2/c1-21(15-8-3-5-10-17(15)23-19(27)26-21)13-18-14-7-2-4-9-16(14)24-20(25-18)28-12-6-11-22/h2-5,7-10H,6,12-13H2,1H3,(H2,23,26,27). The highest BCUT2D eigenvalue weighted by Gasteiger charge is 2.34. The number of nitriles is 1. The van der Waals surface area contributed by atoms with Gasteiger partial charge in [0, 0.05) is 35.2 Å². The van der Waals surface area contributed by atoms with Crippen LogP contribution < -0.4 is 10.6 Å². The summed E-state index contributed by atoms with van der Waals surface area (Å²) in [6.07, 6.45) is 1.14. The maximum Gasteiger partial charge on any atom is 0.188 e. The molecule has 2 N–H and O–H groups in total. The quantitative estimate of drug-likeness (QED) is 0.282. The molecule has 1 unspecified atom stereocenters. The summed E-state index contributed by atoms with van der Waals surface area (Å²) in [5.74, 6) is 0.681. The lowest BCUT2D eigenvalue weighted by molar-refractivity contribution is 0.426. The second-order valence-electron chi connectivity index (χ2n) is 6.86. The highest BCUT2D eigenvalue weighted by molar-refractivity contribution is 7.99. The molecule has 1 aliphatic heterocycles. The Morgan fingerprint density at radius 3 is 2.79 bits per heavy atom. The molecule has 0 aliphatic carbocycles. The van der Waals surface area contributed by atoms with Crippen LogP contribution in [0.4, 0.5) is 5.69 Å². The first-order valence-electron chi connectivity index (χ1n) is 9.03. The third-order valence-corrected chi connectivity index (χ3v) is 5.84. The van der Waals surface area contributed by atoms with Crippen molar-refractivity contribution in [1.29, 1.82) is 5.26 Å². The maximum atomic E-state index is 8.81. The second kappa shape index (κ2) is 7.74. The minimum Gasteiger partial charge on any atom is -0.353 e. The van der Waals surface area contributed by atoms with Crippen LogP contribution in [0.25, 0.3) is 10.9 Å². The van der Waals surface area contributed by atoms with E-state index in [9.17, 15) is 0 Å². The van der Waals surface area contributed by atoms with Gasteiger partial charge in [0.1, 0.15) is 0 Å². The Morgan fingerprint density at radius 2 is 1.93 bits per heavy atom. The molecule has 4 rings (SSSR count). The molecule has 0 bridgehead atoms. The van der Waals surface area contributed by atoms with Gasteiger partial charge in [-0.05, 0) is 31.3 Å². The van der Waals surface area contributed by atoms with Gasteiger partial charge in [0.2, 0.25) is 0 Å². The van der Waals surface area contributed by atoms with Gasteiger partial charge in [-0.15, -0.1) is 0 Å². The van der Waals surface area contributed by atoms with Crippen molar-refractivity contribution >= 4 is 45.7 Å². The Morgan fingerprint density at radius 1 is 1.14 bits per heavy atom. The highest BCUT2D eigenvalue weighted by Crippen LogP contribution is 2.35. The van der Waals surface area contributed by atoms with Gasteiger partial charge in [-0.1, -0.05) is 48.2 Å². The molecule has 3 aromatic rings. The Hall–Kier alpha value is -2.69. The van der Waals surface area contributed by atoms with Crippen molar-refractivity contribution in [1.82, 2.24) is 15.3 Å². The van der Waals surface area contributed by atoms with Crippen LogP contribution in [0.15, 0.2) is 53.7 Å². The van der Waals surface area contributed by atoms with E-state index in [-0.39, 0.29) is 5.54 Å². The van der Waals surface area contributed by atoms with E-state index in [1.807, 2.05) is 36.4 Å². The smallest absolute Gasteiger partial charge is 0.188 e. The first-order chi connectivity index (χ1) is 13.6. The summed E-state index contributed by atoms with van der Waals surface area (Å²) >= 11 is 6.97. The molecule has 0 saturated heterocycles. The van der Waals surface area contributed by atoms with Crippen molar-refractivity contribution in [3.8, 4) is 6.07 Å². The predicted octanol–water partition coefficient (Wildman–Crippen LogP) is 4.39. The van der Waals surface area contributed by atoms with E-state index in [0.29, 0.717) is 28.9 Å². The number of hydrogen-bond donors (Lipinski definition) is 2. The Bertz CT molecular complexity index is 1090. The van der Waals surface area contributed by atoms with E-state index < -0.39 is 0 Å². The number of aromatic nitrogens is 2. The van der Waals surface area contributed by atoms with Gasteiger partial charge < -0.3 is 10.6 Å². The molecule has 2 aromatic carbocycles. The number of benzene rings is 2. The van der Waals surface area contributed by atoms with Gasteiger partial charge in [0.25, 0.3) is 0 Å². The molecular formula is C21H19N5S2. The number of thioether (sulfide) groups is 1. The van der Waals surface area contributed by atoms with Gasteiger partial charge in [-0.2, -0.15) is 5.26 Å². The summed E-state index contributed by atoms with van der Waals surface area (Å²) in [6.45, 7) is 2.15. The summed E-state index contributed by atoms with van der Waals surface area (Å²) in [5, 5.41) is 17.8. The Balaban J connectivity index is 1.77. The molecule has 1 aliphatic rings. The van der Waals surface area contributed by atoms with Crippen molar-refractivity contribution < 1.29 is 0 Å². The van der Waals surface area contributed by atoms with E-state index in [2.05, 4.69) is 40.7 Å². The number of para-hydroxylation sites is 2. The number of thiocarbonyl (C=S) groups is 1. The summed E-state index contributed by atoms with van der Waals surface area (Å²) in [4.78, 5) is 9.52. The molecule has 0 radical (unpaired) electrons. The molecule has 2 heterocycles. The van der Waals surface area contributed by atoms with Crippen LogP contribution in [-0.2, 0) is 12.0 Å². The zero-order valence-electron chi connectivity index (χ0n) is 15.4. The molecule has 140 valence electrons. The van der Waals surface area contributed by atoms with Crippen molar-refractivity contribution in [3.63, 3.8) is 0 Å². The molecule has 0 fully saturated rings. The number of nitrogens with one attached hydrogen (secondary N) is 2. The van der Waals surface area contributed by atoms with E-state index in [4.69, 9.17) is 22.5 Å². The van der Waals surface area contributed by atoms with Crippen LogP contribution in [-0.4, -0.2) is 20.8 Å². The fraction of sp³-hybridized carbons (Fsp3) is 0.238. The van der Waals surface area contributed by atoms with Crippen LogP contribution in [0.5, 0.6) is 0 Å². The molecule has 5 nitrogen and oxygen atoms in total. The lowest BCUT2D eigenvalue weighted by Crippen LogP contribution is -2.51. The van der Waals surface area contributed by atoms with Gasteiger partial charge >= 0.3 is 0 Å². The van der Waals surface area contributed by atoms with Crippen molar-refractivity contribution in [2.45, 2.75) is 30.5 Å². The van der Waals surface area contributed by atoms with E-state index in [1.165, 1.54) is 11.8 Å². The van der Waals surface area contributed by atoms with E-state index in [0.717, 1.165) is 27.8 Å². The molecular weight excluding hydrogens is 386 g/mol. The number of hydrogen-bond acceptors (Lipinski definition) is 5. The largest absolute Gasteiger partial charge is 0.353 e. The zero-order chi connectivity index (χ0) is 19.6. The van der Waals surface area contributed by atoms with Gasteiger partial charge in [0.05, 0.1) is 22.8 Å². The Labute approximate surface area is 173 Å². The van der Waals surface area contributed by atoms with Gasteiger partial charge in [0.15, 0.2) is 10.3 Å². The predicted molar refractivity (Wildman–Crippen MR) is 117 cm³/mol. The van der Waals surface area contributed by atoms with Gasteiger partial charge in [-0.25, -0.2) is 9.97 Å². The number of anilines is 1. The van der Waals surface area contributed by atoms with Crippen molar-refractivity contribution in [2.24, 2.45) is 0 Å². The lowest BCUT2D eigenvalue weighted by atomic mass is 9.84. The fourth-order valence-electron chi connectivity index (χ4n) is 3.53. The average molecular weight is 406 g/mol. The van der Waals surface area contributed by atoms with Crippen LogP contribution >= 0.6 is 24.0 Å². The SMILES string of the molecule is CC1(Cc2nc(SCCC#N)nc3ccccc23)NC(=S)Nc2ccccc21. The number of fused-ring (bicyclic) bond motifs is 2. The summed E-state index contributed by atoms with van der Waals surface area (Å²) in [7, 11) is 0. The van der Waals surface area contributed by atoms with Gasteiger partial charge in [-0.3, -0.25) is 0 Å². The minimum absolute atomic E-state index is 0.384. The third-order valence-electron chi connectivity index (χ3n) is 4.79. The highest BCUT2D eigenvalue weighted by atomic mass is 32.2. The summed E-state index contributed by atoms with van der Waals surface area (Å²) in [6, 6.07) is 18.4. The average Bonchev–Trinajstić information content (AvgIpc) is 2.68. The molecule has 28 heavy (non-hydrogen) atoms. The fourth-order valence-corrected chi connectivity index (χ4v) is 4.57.